The summed E-state index contributed by atoms with van der Waals surface area (Å²) < 4.78 is 1.79. The van der Waals surface area contributed by atoms with E-state index >= 15 is 0 Å². The van der Waals surface area contributed by atoms with Gasteiger partial charge >= 0.3 is 0 Å². The fourth-order valence-corrected chi connectivity index (χ4v) is 3.66. The van der Waals surface area contributed by atoms with Gasteiger partial charge in [0.1, 0.15) is 18.4 Å². The van der Waals surface area contributed by atoms with Crippen LogP contribution in [0.4, 0.5) is 0 Å². The number of likely N-dealkylation sites (tertiary alicyclic amines) is 1. The summed E-state index contributed by atoms with van der Waals surface area (Å²) in [6, 6.07) is 17.2. The number of piperidine rings is 1. The zero-order chi connectivity index (χ0) is 19.3. The summed E-state index contributed by atoms with van der Waals surface area (Å²) in [6.07, 6.45) is 5.37. The van der Waals surface area contributed by atoms with Crippen LogP contribution >= 0.6 is 0 Å². The molecule has 2 aromatic carbocycles. The van der Waals surface area contributed by atoms with Gasteiger partial charge in [0.15, 0.2) is 0 Å². The van der Waals surface area contributed by atoms with Gasteiger partial charge in [-0.25, -0.2) is 0 Å². The summed E-state index contributed by atoms with van der Waals surface area (Å²) in [5, 5.41) is 7.58. The number of nitrogens with zero attached hydrogens (tertiary/aromatic N) is 4. The number of amides is 1. The summed E-state index contributed by atoms with van der Waals surface area (Å²) >= 11 is 0. The Morgan fingerprint density at radius 1 is 0.964 bits per heavy atom. The molecule has 1 aromatic heterocycles. The molecule has 3 aromatic rings. The average molecular weight is 374 g/mol. The molecule has 0 N–H and O–H groups in total. The molecular weight excluding hydrogens is 352 g/mol. The number of ketones is 1. The lowest BCUT2D eigenvalue weighted by atomic mass is 9.90. The molecule has 6 heteroatoms. The molecule has 0 radical (unpaired) electrons. The number of carbonyl (C=O) groups excluding carboxylic acids is 2. The van der Waals surface area contributed by atoms with E-state index in [1.54, 1.807) is 17.2 Å². The van der Waals surface area contributed by atoms with Gasteiger partial charge in [-0.05, 0) is 42.7 Å². The van der Waals surface area contributed by atoms with Gasteiger partial charge in [-0.3, -0.25) is 14.2 Å². The van der Waals surface area contributed by atoms with E-state index in [1.807, 2.05) is 59.5 Å². The van der Waals surface area contributed by atoms with Crippen molar-refractivity contribution in [2.24, 2.45) is 5.92 Å². The van der Waals surface area contributed by atoms with Gasteiger partial charge in [0, 0.05) is 36.7 Å². The Kier molecular flexibility index (Phi) is 5.28. The lowest BCUT2D eigenvalue weighted by Gasteiger charge is -2.32. The van der Waals surface area contributed by atoms with Gasteiger partial charge in [-0.15, -0.1) is 10.2 Å². The van der Waals surface area contributed by atoms with Crippen LogP contribution in [0.5, 0.6) is 0 Å². The number of aromatic nitrogens is 3. The lowest BCUT2D eigenvalue weighted by molar-refractivity contribution is -0.123. The van der Waals surface area contributed by atoms with Crippen LogP contribution in [0.2, 0.25) is 0 Å². The molecule has 0 spiro atoms. The fraction of sp³-hybridized carbons (Fsp3) is 0.273. The van der Waals surface area contributed by atoms with Crippen LogP contribution in [-0.4, -0.2) is 44.4 Å². The molecule has 142 valence electrons. The second-order valence-electron chi connectivity index (χ2n) is 7.14. The van der Waals surface area contributed by atoms with Crippen LogP contribution in [0.3, 0.4) is 0 Å². The zero-order valence-corrected chi connectivity index (χ0v) is 15.6. The third-order valence-electron chi connectivity index (χ3n) is 5.22. The highest BCUT2D eigenvalue weighted by molar-refractivity contribution is 5.95. The van der Waals surface area contributed by atoms with Gasteiger partial charge in [0.25, 0.3) is 5.91 Å². The third-order valence-corrected chi connectivity index (χ3v) is 5.22. The predicted molar refractivity (Wildman–Crippen MR) is 105 cm³/mol. The fourth-order valence-electron chi connectivity index (χ4n) is 3.66. The first-order valence-electron chi connectivity index (χ1n) is 9.52. The number of benzene rings is 2. The van der Waals surface area contributed by atoms with Crippen LogP contribution < -0.4 is 0 Å². The molecule has 1 saturated heterocycles. The van der Waals surface area contributed by atoms with E-state index in [-0.39, 0.29) is 17.6 Å². The van der Waals surface area contributed by atoms with E-state index in [2.05, 4.69) is 10.2 Å². The molecule has 1 aliphatic heterocycles. The molecule has 28 heavy (non-hydrogen) atoms. The van der Waals surface area contributed by atoms with Crippen molar-refractivity contribution in [2.75, 3.05) is 13.1 Å². The van der Waals surface area contributed by atoms with Gasteiger partial charge in [0.2, 0.25) is 0 Å². The van der Waals surface area contributed by atoms with Crippen molar-refractivity contribution in [1.29, 1.82) is 0 Å². The Morgan fingerprint density at radius 3 is 2.39 bits per heavy atom. The van der Waals surface area contributed by atoms with Crippen molar-refractivity contribution in [3.63, 3.8) is 0 Å². The molecule has 2 heterocycles. The van der Waals surface area contributed by atoms with Gasteiger partial charge in [-0.1, -0.05) is 30.3 Å². The summed E-state index contributed by atoms with van der Waals surface area (Å²) in [7, 11) is 0. The third kappa shape index (κ3) is 4.01. The second kappa shape index (κ2) is 8.17. The summed E-state index contributed by atoms with van der Waals surface area (Å²) in [6.45, 7) is 1.19. The van der Waals surface area contributed by atoms with E-state index in [9.17, 15) is 9.59 Å². The minimum absolute atomic E-state index is 0.0208. The number of hydrogen-bond acceptors (Lipinski definition) is 4. The van der Waals surface area contributed by atoms with E-state index in [1.165, 1.54) is 0 Å². The van der Waals surface area contributed by atoms with Crippen molar-refractivity contribution in [2.45, 2.75) is 19.3 Å². The highest BCUT2D eigenvalue weighted by Gasteiger charge is 2.28. The monoisotopic (exact) mass is 374 g/mol. The highest BCUT2D eigenvalue weighted by atomic mass is 16.2. The maximum absolute atomic E-state index is 12.9. The van der Waals surface area contributed by atoms with Crippen molar-refractivity contribution >= 4 is 11.7 Å². The first-order chi connectivity index (χ1) is 13.7. The van der Waals surface area contributed by atoms with E-state index in [0.29, 0.717) is 25.1 Å². The SMILES string of the molecule is O=C(Cc1ccccc1)[C@H]1CCCN(C(=O)c2ccc(-n3cnnc3)cc2)C1. The van der Waals surface area contributed by atoms with Crippen molar-refractivity contribution < 1.29 is 9.59 Å². The summed E-state index contributed by atoms with van der Waals surface area (Å²) in [5.74, 6) is 0.105. The smallest absolute Gasteiger partial charge is 0.253 e. The molecule has 1 fully saturated rings. The van der Waals surface area contributed by atoms with Crippen LogP contribution in [0, 0.1) is 5.92 Å². The van der Waals surface area contributed by atoms with Crippen LogP contribution in [0.25, 0.3) is 5.69 Å². The molecule has 6 nitrogen and oxygen atoms in total. The Hall–Kier alpha value is -3.28. The predicted octanol–water partition coefficient (Wildman–Crippen LogP) is 2.93. The van der Waals surface area contributed by atoms with Crippen molar-refractivity contribution in [3.8, 4) is 5.69 Å². The average Bonchev–Trinajstić information content (AvgIpc) is 3.29. The van der Waals surface area contributed by atoms with Gasteiger partial charge in [-0.2, -0.15) is 0 Å². The Bertz CT molecular complexity index is 936. The van der Waals surface area contributed by atoms with Gasteiger partial charge < -0.3 is 4.90 Å². The van der Waals surface area contributed by atoms with E-state index in [0.717, 1.165) is 24.1 Å². The summed E-state index contributed by atoms with van der Waals surface area (Å²) in [5.41, 5.74) is 2.56. The molecule has 1 amide bonds. The number of Topliss-reactive ketones (excluding diaryl/α,β-unsaturated/α-hetero) is 1. The quantitative estimate of drug-likeness (QED) is 0.689. The second-order valence-corrected chi connectivity index (χ2v) is 7.14. The molecule has 0 aliphatic carbocycles. The van der Waals surface area contributed by atoms with Crippen LogP contribution in [0.15, 0.2) is 67.3 Å². The molecule has 4 rings (SSSR count). The minimum Gasteiger partial charge on any atom is -0.338 e. The Balaban J connectivity index is 1.41. The Morgan fingerprint density at radius 2 is 1.68 bits per heavy atom. The van der Waals surface area contributed by atoms with Crippen molar-refractivity contribution in [1.82, 2.24) is 19.7 Å². The topological polar surface area (TPSA) is 68.1 Å². The molecule has 1 atom stereocenters. The highest BCUT2D eigenvalue weighted by Crippen LogP contribution is 2.21. The van der Waals surface area contributed by atoms with Crippen molar-refractivity contribution in [3.05, 3.63) is 78.4 Å². The maximum atomic E-state index is 12.9. The molecule has 0 saturated carbocycles. The largest absolute Gasteiger partial charge is 0.338 e. The van der Waals surface area contributed by atoms with Crippen LogP contribution in [-0.2, 0) is 11.2 Å². The van der Waals surface area contributed by atoms with E-state index < -0.39 is 0 Å². The zero-order valence-electron chi connectivity index (χ0n) is 15.6. The minimum atomic E-state index is -0.0887. The Labute approximate surface area is 163 Å². The van der Waals surface area contributed by atoms with E-state index in [4.69, 9.17) is 0 Å². The molecule has 1 aliphatic rings. The molecular formula is C22H22N4O2. The molecule has 0 bridgehead atoms. The number of hydrogen-bond donors (Lipinski definition) is 0. The normalized spacial score (nSPS) is 16.7. The first-order valence-corrected chi connectivity index (χ1v) is 9.52. The van der Waals surface area contributed by atoms with Crippen LogP contribution in [0.1, 0.15) is 28.8 Å². The number of rotatable bonds is 5. The molecule has 0 unspecified atom stereocenters. The lowest BCUT2D eigenvalue weighted by Crippen LogP contribution is -2.42. The maximum Gasteiger partial charge on any atom is 0.253 e. The standard InChI is InChI=1S/C22H22N4O2/c27-21(13-17-5-2-1-3-6-17)19-7-4-12-25(14-19)22(28)18-8-10-20(11-9-18)26-15-23-24-16-26/h1-3,5-6,8-11,15-16,19H,4,7,12-14H2/t19-/m0/s1. The summed E-state index contributed by atoms with van der Waals surface area (Å²) in [4.78, 5) is 27.4. The first kappa shape index (κ1) is 18.1. The number of carbonyl (C=O) groups is 2. The van der Waals surface area contributed by atoms with Gasteiger partial charge in [0.05, 0.1) is 0 Å².